The van der Waals surface area contributed by atoms with Crippen LogP contribution in [0.25, 0.3) is 0 Å². The molecule has 30 heavy (non-hydrogen) atoms. The van der Waals surface area contributed by atoms with Gasteiger partial charge in [0.1, 0.15) is 23.2 Å². The Morgan fingerprint density at radius 2 is 1.93 bits per heavy atom. The Bertz CT molecular complexity index is 865. The molecule has 1 aliphatic carbocycles. The number of hydrogen-bond donors (Lipinski definition) is 2. The van der Waals surface area contributed by atoms with Crippen LogP contribution in [0, 0.1) is 0 Å². The molecule has 0 radical (unpaired) electrons. The Morgan fingerprint density at radius 1 is 1.27 bits per heavy atom. The molecule has 0 bridgehead atoms. The smallest absolute Gasteiger partial charge is 0.327 e. The Balaban J connectivity index is 1.48. The van der Waals surface area contributed by atoms with Crippen molar-refractivity contribution >= 4 is 29.5 Å². The number of β-lactam (4-membered cyclic amide) rings is 1. The number of rotatable bonds is 7. The lowest BCUT2D eigenvalue weighted by atomic mass is 9.63. The Kier molecular flexibility index (Phi) is 5.24. The molecule has 2 saturated heterocycles. The van der Waals surface area contributed by atoms with E-state index in [0.29, 0.717) is 6.61 Å². The van der Waals surface area contributed by atoms with Crippen LogP contribution in [0.3, 0.4) is 0 Å². The zero-order chi connectivity index (χ0) is 21.7. The number of nitrogens with zero attached hydrogens (tertiary/aromatic N) is 1. The van der Waals surface area contributed by atoms with Crippen LogP contribution in [0.2, 0.25) is 0 Å². The van der Waals surface area contributed by atoms with E-state index in [-0.39, 0.29) is 17.2 Å². The third-order valence-electron chi connectivity index (χ3n) is 6.48. The average Bonchev–Trinajstić information content (AvgIpc) is 2.92. The number of amides is 2. The summed E-state index contributed by atoms with van der Waals surface area (Å²) in [5.41, 5.74) is 0.302. The molecule has 1 aromatic carbocycles. The van der Waals surface area contributed by atoms with E-state index in [1.54, 1.807) is 0 Å². The first kappa shape index (κ1) is 21.0. The monoisotopic (exact) mass is 432 g/mol. The van der Waals surface area contributed by atoms with E-state index in [2.05, 4.69) is 5.32 Å². The van der Waals surface area contributed by atoms with E-state index in [1.165, 1.54) is 16.7 Å². The minimum Gasteiger partial charge on any atom is -0.494 e. The third kappa shape index (κ3) is 3.16. The Morgan fingerprint density at radius 3 is 2.47 bits per heavy atom. The fourth-order valence-electron chi connectivity index (χ4n) is 4.69. The van der Waals surface area contributed by atoms with Gasteiger partial charge in [-0.2, -0.15) is 0 Å². The topological polar surface area (TPSA) is 95.9 Å². The van der Waals surface area contributed by atoms with Crippen molar-refractivity contribution < 1.29 is 24.2 Å². The number of carboxylic acid groups (broad SMARTS) is 1. The number of aliphatic carboxylic acids is 1. The number of hydrogen-bond acceptors (Lipinski definition) is 5. The van der Waals surface area contributed by atoms with Crippen LogP contribution in [0.4, 0.5) is 0 Å². The molecule has 162 valence electrons. The Labute approximate surface area is 180 Å². The van der Waals surface area contributed by atoms with E-state index < -0.39 is 28.2 Å². The number of carbonyl (C=O) groups excluding carboxylic acids is 2. The van der Waals surface area contributed by atoms with Crippen molar-refractivity contribution in [2.75, 3.05) is 6.61 Å². The number of carboxylic acids is 1. The average molecular weight is 433 g/mol. The number of nitrogens with one attached hydrogen (secondary N) is 1. The molecule has 1 saturated carbocycles. The summed E-state index contributed by atoms with van der Waals surface area (Å²) in [4.78, 5) is 39.1. The predicted octanol–water partition coefficient (Wildman–Crippen LogP) is 2.53. The first-order valence-electron chi connectivity index (χ1n) is 10.5. The number of fused-ring (bicyclic) bond motifs is 1. The molecule has 2 N–H and O–H groups in total. The summed E-state index contributed by atoms with van der Waals surface area (Å²) in [6.45, 7) is 6.36. The van der Waals surface area contributed by atoms with Gasteiger partial charge in [0.25, 0.3) is 0 Å². The van der Waals surface area contributed by atoms with Crippen LogP contribution >= 0.6 is 11.8 Å². The van der Waals surface area contributed by atoms with E-state index in [0.717, 1.165) is 37.0 Å². The molecule has 3 atom stereocenters. The number of benzene rings is 1. The molecule has 0 spiro atoms. The molecule has 2 heterocycles. The van der Waals surface area contributed by atoms with Gasteiger partial charge in [-0.15, -0.1) is 11.8 Å². The molecule has 1 aromatic rings. The van der Waals surface area contributed by atoms with E-state index in [9.17, 15) is 19.5 Å². The van der Waals surface area contributed by atoms with Crippen molar-refractivity contribution in [3.63, 3.8) is 0 Å². The van der Waals surface area contributed by atoms with Crippen molar-refractivity contribution in [1.29, 1.82) is 0 Å². The first-order chi connectivity index (χ1) is 14.2. The second-order valence-corrected chi connectivity index (χ2v) is 10.6. The molecular formula is C22H28N2O5S. The highest BCUT2D eigenvalue weighted by Crippen LogP contribution is 2.51. The van der Waals surface area contributed by atoms with Gasteiger partial charge in [0, 0.05) is 4.75 Å². The van der Waals surface area contributed by atoms with Gasteiger partial charge in [-0.25, -0.2) is 4.79 Å². The summed E-state index contributed by atoms with van der Waals surface area (Å²) in [7, 11) is 0. The van der Waals surface area contributed by atoms with Crippen molar-refractivity contribution in [2.45, 2.75) is 74.1 Å². The molecular weight excluding hydrogens is 404 g/mol. The normalized spacial score (nSPS) is 28.2. The second kappa shape index (κ2) is 7.48. The zero-order valence-corrected chi connectivity index (χ0v) is 18.3. The molecule has 2 amide bonds. The van der Waals surface area contributed by atoms with E-state index >= 15 is 0 Å². The summed E-state index contributed by atoms with van der Waals surface area (Å²) in [5, 5.41) is 12.2. The van der Waals surface area contributed by atoms with Gasteiger partial charge in [0.2, 0.25) is 11.8 Å². The van der Waals surface area contributed by atoms with Gasteiger partial charge >= 0.3 is 5.97 Å². The van der Waals surface area contributed by atoms with Gasteiger partial charge in [0.15, 0.2) is 0 Å². The van der Waals surface area contributed by atoms with Crippen molar-refractivity contribution in [3.05, 3.63) is 29.8 Å². The quantitative estimate of drug-likeness (QED) is 0.643. The maximum atomic E-state index is 13.3. The van der Waals surface area contributed by atoms with Gasteiger partial charge in [0.05, 0.1) is 12.0 Å². The molecule has 2 aliphatic heterocycles. The summed E-state index contributed by atoms with van der Waals surface area (Å²) in [5.74, 6) is -0.679. The SMILES string of the molecule is CCCOc1ccc(C2(C(=O)NC3C(=O)N4C3SC(C)(C)C4C(=O)O)CCC2)cc1. The highest BCUT2D eigenvalue weighted by atomic mass is 32.2. The molecule has 3 fully saturated rings. The largest absolute Gasteiger partial charge is 0.494 e. The standard InChI is InChI=1S/C22H28N2O5S/c1-4-12-29-14-8-6-13(7-9-14)22(10-5-11-22)20(28)23-15-17(25)24-16(19(26)27)21(2,3)30-18(15)24/h6-9,15-16,18H,4-5,10-12H2,1-3H3,(H,23,28)(H,26,27). The molecule has 0 aromatic heterocycles. The maximum absolute atomic E-state index is 13.3. The van der Waals surface area contributed by atoms with Crippen LogP contribution < -0.4 is 10.1 Å². The van der Waals surface area contributed by atoms with E-state index in [1.807, 2.05) is 45.0 Å². The first-order valence-corrected chi connectivity index (χ1v) is 11.4. The lowest BCUT2D eigenvalue weighted by molar-refractivity contribution is -0.161. The Hall–Kier alpha value is -2.22. The highest BCUT2D eigenvalue weighted by molar-refractivity contribution is 8.01. The third-order valence-corrected chi connectivity index (χ3v) is 8.05. The lowest BCUT2D eigenvalue weighted by Gasteiger charge is -2.47. The van der Waals surface area contributed by atoms with Crippen LogP contribution in [0.15, 0.2) is 24.3 Å². The summed E-state index contributed by atoms with van der Waals surface area (Å²) >= 11 is 1.44. The van der Waals surface area contributed by atoms with Crippen molar-refractivity contribution in [3.8, 4) is 5.75 Å². The molecule has 3 aliphatic rings. The molecule has 7 nitrogen and oxygen atoms in total. The van der Waals surface area contributed by atoms with Crippen molar-refractivity contribution in [1.82, 2.24) is 10.2 Å². The maximum Gasteiger partial charge on any atom is 0.327 e. The minimum atomic E-state index is -1.01. The van der Waals surface area contributed by atoms with Crippen LogP contribution in [0.1, 0.15) is 52.0 Å². The highest BCUT2D eigenvalue weighted by Gasteiger charge is 2.64. The van der Waals surface area contributed by atoms with Crippen molar-refractivity contribution in [2.24, 2.45) is 0 Å². The van der Waals surface area contributed by atoms with Gasteiger partial charge in [-0.3, -0.25) is 9.59 Å². The molecule has 3 unspecified atom stereocenters. The summed E-state index contributed by atoms with van der Waals surface area (Å²) in [6, 6.07) is 6.11. The van der Waals surface area contributed by atoms with Gasteiger partial charge in [-0.1, -0.05) is 25.5 Å². The lowest BCUT2D eigenvalue weighted by Crippen LogP contribution is -2.72. The van der Waals surface area contributed by atoms with Gasteiger partial charge in [-0.05, 0) is 50.8 Å². The molecule has 4 rings (SSSR count). The van der Waals surface area contributed by atoms with Gasteiger partial charge < -0.3 is 20.1 Å². The number of ether oxygens (including phenoxy) is 1. The van der Waals surface area contributed by atoms with Crippen LogP contribution in [0.5, 0.6) is 5.75 Å². The number of carbonyl (C=O) groups is 3. The fraction of sp³-hybridized carbons (Fsp3) is 0.591. The second-order valence-electron chi connectivity index (χ2n) is 8.86. The minimum absolute atomic E-state index is 0.147. The summed E-state index contributed by atoms with van der Waals surface area (Å²) in [6.07, 6.45) is 3.36. The van der Waals surface area contributed by atoms with E-state index in [4.69, 9.17) is 4.74 Å². The zero-order valence-electron chi connectivity index (χ0n) is 17.5. The summed E-state index contributed by atoms with van der Waals surface area (Å²) < 4.78 is 5.03. The van der Waals surface area contributed by atoms with Crippen LogP contribution in [-0.4, -0.2) is 56.6 Å². The van der Waals surface area contributed by atoms with Crippen LogP contribution in [-0.2, 0) is 19.8 Å². The molecule has 8 heteroatoms. The fourth-order valence-corrected chi connectivity index (χ4v) is 6.32. The predicted molar refractivity (Wildman–Crippen MR) is 113 cm³/mol. The number of thioether (sulfide) groups is 1.